The standard InChI is InChI=1S/C14H11NS2/c1-10-6-5-9-12-13(10)15-14(17-12)16-11-7-3-2-4-8-11/h2-9H,1H3. The largest absolute Gasteiger partial charge is 0.229 e. The molecule has 1 nitrogen and oxygen atoms in total. The van der Waals surface area contributed by atoms with Gasteiger partial charge in [0.15, 0.2) is 4.34 Å². The minimum absolute atomic E-state index is 1.11. The Morgan fingerprint density at radius 2 is 1.82 bits per heavy atom. The fraction of sp³-hybridized carbons (Fsp3) is 0.0714. The SMILES string of the molecule is Cc1cccc2sc(Sc3ccccc3)nc12. The van der Waals surface area contributed by atoms with E-state index < -0.39 is 0 Å². The molecule has 0 spiro atoms. The number of hydrogen-bond acceptors (Lipinski definition) is 3. The van der Waals surface area contributed by atoms with Gasteiger partial charge in [-0.2, -0.15) is 0 Å². The number of aromatic nitrogens is 1. The lowest BCUT2D eigenvalue weighted by Crippen LogP contribution is -1.75. The van der Waals surface area contributed by atoms with Crippen molar-refractivity contribution in [2.24, 2.45) is 0 Å². The van der Waals surface area contributed by atoms with Gasteiger partial charge in [0, 0.05) is 4.90 Å². The van der Waals surface area contributed by atoms with E-state index in [2.05, 4.69) is 54.4 Å². The van der Waals surface area contributed by atoms with E-state index in [4.69, 9.17) is 0 Å². The number of para-hydroxylation sites is 1. The Morgan fingerprint density at radius 1 is 1.00 bits per heavy atom. The van der Waals surface area contributed by atoms with Crippen molar-refractivity contribution < 1.29 is 0 Å². The zero-order valence-corrected chi connectivity index (χ0v) is 11.0. The number of aryl methyl sites for hydroxylation is 1. The van der Waals surface area contributed by atoms with E-state index in [9.17, 15) is 0 Å². The zero-order chi connectivity index (χ0) is 11.7. The van der Waals surface area contributed by atoms with Gasteiger partial charge < -0.3 is 0 Å². The van der Waals surface area contributed by atoms with Gasteiger partial charge in [-0.3, -0.25) is 0 Å². The molecular weight excluding hydrogens is 246 g/mol. The smallest absolute Gasteiger partial charge is 0.155 e. The van der Waals surface area contributed by atoms with E-state index in [0.717, 1.165) is 9.86 Å². The molecule has 3 rings (SSSR count). The van der Waals surface area contributed by atoms with E-state index in [0.29, 0.717) is 0 Å². The predicted octanol–water partition coefficient (Wildman–Crippen LogP) is 4.76. The Labute approximate surface area is 109 Å². The van der Waals surface area contributed by atoms with Crippen LogP contribution in [0.1, 0.15) is 5.56 Å². The molecular formula is C14H11NS2. The third-order valence-corrected chi connectivity index (χ3v) is 4.64. The first-order valence-electron chi connectivity index (χ1n) is 5.42. The van der Waals surface area contributed by atoms with Gasteiger partial charge >= 0.3 is 0 Å². The lowest BCUT2D eigenvalue weighted by molar-refractivity contribution is 1.28. The maximum Gasteiger partial charge on any atom is 0.155 e. The van der Waals surface area contributed by atoms with Gasteiger partial charge in [-0.1, -0.05) is 42.1 Å². The summed E-state index contributed by atoms with van der Waals surface area (Å²) in [4.78, 5) is 5.93. The molecule has 2 aromatic carbocycles. The number of benzene rings is 2. The fourth-order valence-corrected chi connectivity index (χ4v) is 3.83. The number of rotatable bonds is 2. The van der Waals surface area contributed by atoms with Crippen molar-refractivity contribution in [1.29, 1.82) is 0 Å². The van der Waals surface area contributed by atoms with Crippen LogP contribution in [0.5, 0.6) is 0 Å². The van der Waals surface area contributed by atoms with Crippen molar-refractivity contribution in [3.63, 3.8) is 0 Å². The molecule has 3 aromatic rings. The number of nitrogens with zero attached hydrogens (tertiary/aromatic N) is 1. The van der Waals surface area contributed by atoms with Crippen LogP contribution < -0.4 is 0 Å². The van der Waals surface area contributed by atoms with E-state index in [1.807, 2.05) is 6.07 Å². The lowest BCUT2D eigenvalue weighted by Gasteiger charge is -1.94. The molecule has 0 aliphatic carbocycles. The van der Waals surface area contributed by atoms with E-state index in [1.165, 1.54) is 15.2 Å². The molecule has 0 amide bonds. The highest BCUT2D eigenvalue weighted by molar-refractivity contribution is 8.01. The van der Waals surface area contributed by atoms with Crippen molar-refractivity contribution >= 4 is 33.3 Å². The molecule has 0 N–H and O–H groups in total. The van der Waals surface area contributed by atoms with Crippen LogP contribution in [0, 0.1) is 6.92 Å². The summed E-state index contributed by atoms with van der Waals surface area (Å²) in [5.41, 5.74) is 2.38. The molecule has 1 heterocycles. The Hall–Kier alpha value is -1.32. The Balaban J connectivity index is 1.99. The quantitative estimate of drug-likeness (QED) is 0.656. The Morgan fingerprint density at radius 3 is 2.59 bits per heavy atom. The van der Waals surface area contributed by atoms with Crippen molar-refractivity contribution in [3.8, 4) is 0 Å². The van der Waals surface area contributed by atoms with Gasteiger partial charge in [0.25, 0.3) is 0 Å². The van der Waals surface area contributed by atoms with Gasteiger partial charge in [-0.05, 0) is 30.7 Å². The second-order valence-electron chi connectivity index (χ2n) is 3.82. The molecule has 0 saturated carbocycles. The summed E-state index contributed by atoms with van der Waals surface area (Å²) in [7, 11) is 0. The highest BCUT2D eigenvalue weighted by Gasteiger charge is 2.06. The molecule has 17 heavy (non-hydrogen) atoms. The molecule has 1 aromatic heterocycles. The molecule has 0 aliphatic heterocycles. The molecule has 0 aliphatic rings. The summed E-state index contributed by atoms with van der Waals surface area (Å²) >= 11 is 3.49. The summed E-state index contributed by atoms with van der Waals surface area (Å²) in [5, 5.41) is 0. The van der Waals surface area contributed by atoms with Gasteiger partial charge in [0.1, 0.15) is 0 Å². The summed E-state index contributed by atoms with van der Waals surface area (Å²) in [5.74, 6) is 0. The maximum absolute atomic E-state index is 4.69. The number of hydrogen-bond donors (Lipinski definition) is 0. The Kier molecular flexibility index (Phi) is 2.87. The highest BCUT2D eigenvalue weighted by Crippen LogP contribution is 2.34. The van der Waals surface area contributed by atoms with Crippen molar-refractivity contribution in [3.05, 3.63) is 54.1 Å². The number of thiazole rings is 1. The molecule has 0 atom stereocenters. The number of fused-ring (bicyclic) bond motifs is 1. The normalized spacial score (nSPS) is 10.9. The molecule has 84 valence electrons. The van der Waals surface area contributed by atoms with Crippen LogP contribution in [-0.4, -0.2) is 4.98 Å². The first-order chi connectivity index (χ1) is 8.33. The molecule has 0 fully saturated rings. The lowest BCUT2D eigenvalue weighted by atomic mass is 10.2. The molecule has 0 unspecified atom stereocenters. The van der Waals surface area contributed by atoms with E-state index >= 15 is 0 Å². The van der Waals surface area contributed by atoms with Crippen LogP contribution in [0.4, 0.5) is 0 Å². The predicted molar refractivity (Wildman–Crippen MR) is 74.9 cm³/mol. The van der Waals surface area contributed by atoms with E-state index in [-0.39, 0.29) is 0 Å². The minimum atomic E-state index is 1.11. The maximum atomic E-state index is 4.69. The fourth-order valence-electron chi connectivity index (χ4n) is 1.70. The van der Waals surface area contributed by atoms with Crippen LogP contribution in [-0.2, 0) is 0 Å². The summed E-state index contributed by atoms with van der Waals surface area (Å²) in [6.07, 6.45) is 0. The summed E-state index contributed by atoms with van der Waals surface area (Å²) < 4.78 is 2.38. The third kappa shape index (κ3) is 2.21. The summed E-state index contributed by atoms with van der Waals surface area (Å²) in [6.45, 7) is 2.11. The van der Waals surface area contributed by atoms with Gasteiger partial charge in [0.2, 0.25) is 0 Å². The first-order valence-corrected chi connectivity index (χ1v) is 7.05. The van der Waals surface area contributed by atoms with Crippen molar-refractivity contribution in [2.45, 2.75) is 16.2 Å². The topological polar surface area (TPSA) is 12.9 Å². The van der Waals surface area contributed by atoms with Crippen molar-refractivity contribution in [1.82, 2.24) is 4.98 Å². The summed E-state index contributed by atoms with van der Waals surface area (Å²) in [6, 6.07) is 16.7. The molecule has 0 radical (unpaired) electrons. The van der Waals surface area contributed by atoms with Gasteiger partial charge in [0.05, 0.1) is 10.2 Å². The Bertz CT molecular complexity index is 644. The molecule has 0 saturated heterocycles. The highest BCUT2D eigenvalue weighted by atomic mass is 32.2. The van der Waals surface area contributed by atoms with Crippen LogP contribution in [0.15, 0.2) is 57.8 Å². The first kappa shape index (κ1) is 10.8. The zero-order valence-electron chi connectivity index (χ0n) is 9.38. The van der Waals surface area contributed by atoms with Crippen molar-refractivity contribution in [2.75, 3.05) is 0 Å². The average Bonchev–Trinajstić information content (AvgIpc) is 2.74. The van der Waals surface area contributed by atoms with E-state index in [1.54, 1.807) is 23.1 Å². The van der Waals surface area contributed by atoms with Crippen LogP contribution in [0.3, 0.4) is 0 Å². The second kappa shape index (κ2) is 4.51. The minimum Gasteiger partial charge on any atom is -0.229 e. The molecule has 3 heteroatoms. The van der Waals surface area contributed by atoms with Crippen LogP contribution >= 0.6 is 23.1 Å². The second-order valence-corrected chi connectivity index (χ2v) is 6.17. The monoisotopic (exact) mass is 257 g/mol. The van der Waals surface area contributed by atoms with Crippen LogP contribution in [0.2, 0.25) is 0 Å². The van der Waals surface area contributed by atoms with Gasteiger partial charge in [-0.25, -0.2) is 4.98 Å². The third-order valence-electron chi connectivity index (χ3n) is 2.55. The average molecular weight is 257 g/mol. The molecule has 0 bridgehead atoms. The van der Waals surface area contributed by atoms with Crippen LogP contribution in [0.25, 0.3) is 10.2 Å². The van der Waals surface area contributed by atoms with Gasteiger partial charge in [-0.15, -0.1) is 11.3 Å².